The van der Waals surface area contributed by atoms with Gasteiger partial charge in [0.25, 0.3) is 0 Å². The molecule has 3 fully saturated rings. The Balaban J connectivity index is 1.25. The van der Waals surface area contributed by atoms with Crippen molar-refractivity contribution in [2.24, 2.45) is 0 Å². The van der Waals surface area contributed by atoms with Gasteiger partial charge in [-0.05, 0) is 31.4 Å². The molecule has 3 heterocycles. The van der Waals surface area contributed by atoms with Crippen molar-refractivity contribution in [3.63, 3.8) is 0 Å². The third-order valence-corrected chi connectivity index (χ3v) is 5.61. The number of rotatable bonds is 3. The summed E-state index contributed by atoms with van der Waals surface area (Å²) in [6, 6.07) is 7.26. The maximum Gasteiger partial charge on any atom is 0.128 e. The van der Waals surface area contributed by atoms with Crippen molar-refractivity contribution in [1.29, 1.82) is 0 Å². The highest BCUT2D eigenvalue weighted by Gasteiger charge is 2.40. The first kappa shape index (κ1) is 14.4. The zero-order valence-electron chi connectivity index (χ0n) is 13.1. The van der Waals surface area contributed by atoms with Crippen molar-refractivity contribution in [3.05, 3.63) is 24.4 Å². The van der Waals surface area contributed by atoms with E-state index in [1.807, 2.05) is 12.3 Å². The average molecular weight is 302 g/mol. The van der Waals surface area contributed by atoms with Crippen LogP contribution >= 0.6 is 0 Å². The van der Waals surface area contributed by atoms with Crippen LogP contribution in [-0.4, -0.2) is 77.3 Å². The average Bonchev–Trinajstić information content (AvgIpc) is 2.94. The fourth-order valence-electron chi connectivity index (χ4n) is 4.19. The van der Waals surface area contributed by atoms with Crippen LogP contribution in [0.5, 0.6) is 0 Å². The van der Waals surface area contributed by atoms with Gasteiger partial charge in [0.2, 0.25) is 0 Å². The molecular formula is C17H26N4O. The number of piperazine rings is 1. The van der Waals surface area contributed by atoms with Gasteiger partial charge in [-0.3, -0.25) is 9.80 Å². The lowest BCUT2D eigenvalue weighted by atomic mass is 10.0. The van der Waals surface area contributed by atoms with Crippen LogP contribution in [0.3, 0.4) is 0 Å². The van der Waals surface area contributed by atoms with E-state index >= 15 is 0 Å². The molecule has 1 aliphatic carbocycles. The molecule has 0 radical (unpaired) electrons. The monoisotopic (exact) mass is 302 g/mol. The molecule has 0 amide bonds. The van der Waals surface area contributed by atoms with Crippen LogP contribution in [0.4, 0.5) is 5.82 Å². The Labute approximate surface area is 132 Å². The number of hydrogen-bond acceptors (Lipinski definition) is 5. The Bertz CT molecular complexity index is 483. The number of hydrogen-bond donors (Lipinski definition) is 1. The smallest absolute Gasteiger partial charge is 0.128 e. The predicted octanol–water partition coefficient (Wildman–Crippen LogP) is 0.801. The first-order chi connectivity index (χ1) is 10.8. The maximum atomic E-state index is 10.0. The Morgan fingerprint density at radius 3 is 2.45 bits per heavy atom. The number of pyridine rings is 1. The normalized spacial score (nSPS) is 31.4. The molecule has 2 aliphatic heterocycles. The number of aliphatic hydroxyl groups is 1. The van der Waals surface area contributed by atoms with Crippen LogP contribution < -0.4 is 4.90 Å². The lowest BCUT2D eigenvalue weighted by Crippen LogP contribution is -2.66. The van der Waals surface area contributed by atoms with Gasteiger partial charge >= 0.3 is 0 Å². The standard InChI is InChI=1S/C17H26N4O/c22-16-5-3-4-15(16)21-12-14(13-21)19-8-10-20(11-9-19)17-6-1-2-7-18-17/h1-2,6-7,14-16,22H,3-5,8-13H2. The molecule has 5 heteroatoms. The van der Waals surface area contributed by atoms with Gasteiger partial charge in [0.15, 0.2) is 0 Å². The summed E-state index contributed by atoms with van der Waals surface area (Å²) < 4.78 is 0. The second-order valence-corrected chi connectivity index (χ2v) is 6.88. The van der Waals surface area contributed by atoms with E-state index in [9.17, 15) is 5.11 Å². The number of nitrogens with zero attached hydrogens (tertiary/aromatic N) is 4. The van der Waals surface area contributed by atoms with Crippen molar-refractivity contribution < 1.29 is 5.11 Å². The molecule has 2 saturated heterocycles. The number of anilines is 1. The van der Waals surface area contributed by atoms with E-state index in [2.05, 4.69) is 31.8 Å². The van der Waals surface area contributed by atoms with Crippen LogP contribution in [0.15, 0.2) is 24.4 Å². The number of aliphatic hydroxyl groups excluding tert-OH is 1. The van der Waals surface area contributed by atoms with Gasteiger partial charge in [-0.25, -0.2) is 4.98 Å². The Kier molecular flexibility index (Phi) is 4.03. The highest BCUT2D eigenvalue weighted by atomic mass is 16.3. The van der Waals surface area contributed by atoms with E-state index in [0.717, 1.165) is 51.5 Å². The van der Waals surface area contributed by atoms with Gasteiger partial charge in [0, 0.05) is 57.5 Å². The van der Waals surface area contributed by atoms with E-state index in [-0.39, 0.29) is 6.10 Å². The van der Waals surface area contributed by atoms with Crippen molar-refractivity contribution >= 4 is 5.82 Å². The molecule has 3 aliphatic rings. The second kappa shape index (κ2) is 6.14. The fourth-order valence-corrected chi connectivity index (χ4v) is 4.19. The van der Waals surface area contributed by atoms with E-state index < -0.39 is 0 Å². The van der Waals surface area contributed by atoms with Crippen LogP contribution in [-0.2, 0) is 0 Å². The number of likely N-dealkylation sites (tertiary alicyclic amines) is 1. The van der Waals surface area contributed by atoms with Crippen molar-refractivity contribution in [1.82, 2.24) is 14.8 Å². The highest BCUT2D eigenvalue weighted by molar-refractivity contribution is 5.38. The molecule has 1 N–H and O–H groups in total. The minimum Gasteiger partial charge on any atom is -0.391 e. The van der Waals surface area contributed by atoms with Gasteiger partial charge in [0.05, 0.1) is 6.10 Å². The summed E-state index contributed by atoms with van der Waals surface area (Å²) in [6.45, 7) is 6.68. The molecule has 0 bridgehead atoms. The van der Waals surface area contributed by atoms with Crippen LogP contribution in [0.2, 0.25) is 0 Å². The molecular weight excluding hydrogens is 276 g/mol. The van der Waals surface area contributed by atoms with Crippen molar-refractivity contribution in [3.8, 4) is 0 Å². The summed E-state index contributed by atoms with van der Waals surface area (Å²) in [5.74, 6) is 1.10. The minimum absolute atomic E-state index is 0.0815. The van der Waals surface area contributed by atoms with Crippen LogP contribution in [0, 0.1) is 0 Å². The third-order valence-electron chi connectivity index (χ3n) is 5.61. The van der Waals surface area contributed by atoms with Crippen molar-refractivity contribution in [2.45, 2.75) is 37.5 Å². The summed E-state index contributed by atoms with van der Waals surface area (Å²) in [5, 5.41) is 10.0. The van der Waals surface area contributed by atoms with E-state index in [0.29, 0.717) is 12.1 Å². The predicted molar refractivity (Wildman–Crippen MR) is 87.0 cm³/mol. The van der Waals surface area contributed by atoms with Gasteiger partial charge in [-0.15, -0.1) is 0 Å². The van der Waals surface area contributed by atoms with Gasteiger partial charge < -0.3 is 10.0 Å². The molecule has 22 heavy (non-hydrogen) atoms. The number of aromatic nitrogens is 1. The van der Waals surface area contributed by atoms with Crippen LogP contribution in [0.25, 0.3) is 0 Å². The van der Waals surface area contributed by atoms with Gasteiger partial charge in [-0.1, -0.05) is 6.07 Å². The molecule has 2 atom stereocenters. The molecule has 4 rings (SSSR count). The lowest BCUT2D eigenvalue weighted by molar-refractivity contribution is -0.0295. The topological polar surface area (TPSA) is 42.8 Å². The molecule has 2 unspecified atom stereocenters. The Hall–Kier alpha value is -1.17. The van der Waals surface area contributed by atoms with Gasteiger partial charge in [-0.2, -0.15) is 0 Å². The largest absolute Gasteiger partial charge is 0.391 e. The molecule has 0 spiro atoms. The molecule has 5 nitrogen and oxygen atoms in total. The molecule has 1 saturated carbocycles. The Morgan fingerprint density at radius 1 is 1.00 bits per heavy atom. The first-order valence-corrected chi connectivity index (χ1v) is 8.63. The first-order valence-electron chi connectivity index (χ1n) is 8.63. The van der Waals surface area contributed by atoms with Gasteiger partial charge in [0.1, 0.15) is 5.82 Å². The maximum absolute atomic E-state index is 10.0. The highest BCUT2D eigenvalue weighted by Crippen LogP contribution is 2.29. The quantitative estimate of drug-likeness (QED) is 0.895. The van der Waals surface area contributed by atoms with E-state index in [1.54, 1.807) is 0 Å². The van der Waals surface area contributed by atoms with Crippen molar-refractivity contribution in [2.75, 3.05) is 44.2 Å². The summed E-state index contributed by atoms with van der Waals surface area (Å²) in [5.41, 5.74) is 0. The third kappa shape index (κ3) is 2.73. The summed E-state index contributed by atoms with van der Waals surface area (Å²) in [6.07, 6.45) is 5.16. The summed E-state index contributed by atoms with van der Waals surface area (Å²) in [4.78, 5) is 11.9. The SMILES string of the molecule is OC1CCCC1N1CC(N2CCN(c3ccccn3)CC2)C1. The fraction of sp³-hybridized carbons (Fsp3) is 0.706. The zero-order chi connectivity index (χ0) is 14.9. The van der Waals surface area contributed by atoms with E-state index in [4.69, 9.17) is 0 Å². The molecule has 120 valence electrons. The lowest BCUT2D eigenvalue weighted by Gasteiger charge is -2.50. The summed E-state index contributed by atoms with van der Waals surface area (Å²) in [7, 11) is 0. The Morgan fingerprint density at radius 2 is 1.82 bits per heavy atom. The molecule has 1 aromatic rings. The van der Waals surface area contributed by atoms with E-state index in [1.165, 1.54) is 12.8 Å². The molecule has 0 aromatic carbocycles. The minimum atomic E-state index is -0.0815. The summed E-state index contributed by atoms with van der Waals surface area (Å²) >= 11 is 0. The van der Waals surface area contributed by atoms with Crippen LogP contribution in [0.1, 0.15) is 19.3 Å². The second-order valence-electron chi connectivity index (χ2n) is 6.88. The molecule has 1 aromatic heterocycles. The zero-order valence-corrected chi connectivity index (χ0v) is 13.1.